The summed E-state index contributed by atoms with van der Waals surface area (Å²) in [7, 11) is 1.94. The van der Waals surface area contributed by atoms with Crippen LogP contribution < -0.4 is 5.73 Å². The topological polar surface area (TPSA) is 59.4 Å². The summed E-state index contributed by atoms with van der Waals surface area (Å²) < 4.78 is 1.86. The molecule has 0 aromatic carbocycles. The summed E-state index contributed by atoms with van der Waals surface area (Å²) in [5.41, 5.74) is 8.30. The van der Waals surface area contributed by atoms with Gasteiger partial charge in [0.1, 0.15) is 0 Å². The van der Waals surface area contributed by atoms with Crippen molar-refractivity contribution in [2.75, 3.05) is 13.1 Å². The maximum atomic E-state index is 6.00. The Hall–Kier alpha value is -0.790. The smallest absolute Gasteiger partial charge is 0.191 e. The van der Waals surface area contributed by atoms with Crippen LogP contribution in [-0.2, 0) is 13.6 Å². The van der Waals surface area contributed by atoms with Crippen LogP contribution in [0.5, 0.6) is 0 Å². The van der Waals surface area contributed by atoms with Gasteiger partial charge in [-0.15, -0.1) is 24.0 Å². The van der Waals surface area contributed by atoms with Gasteiger partial charge in [-0.3, -0.25) is 4.68 Å². The van der Waals surface area contributed by atoms with E-state index in [0.717, 1.165) is 24.3 Å². The SMILES string of the molecule is Cc1c(CN=C(N)N2CCCCC2)cnn1C.I. The van der Waals surface area contributed by atoms with Gasteiger partial charge in [0.05, 0.1) is 12.7 Å². The average Bonchev–Trinajstić information content (AvgIpc) is 2.68. The number of rotatable bonds is 2. The van der Waals surface area contributed by atoms with Gasteiger partial charge in [-0.1, -0.05) is 0 Å². The second kappa shape index (κ2) is 6.96. The van der Waals surface area contributed by atoms with Crippen LogP contribution in [0.2, 0.25) is 0 Å². The lowest BCUT2D eigenvalue weighted by atomic mass is 10.1. The highest BCUT2D eigenvalue weighted by Gasteiger charge is 2.12. The molecular formula is C12H22IN5. The summed E-state index contributed by atoms with van der Waals surface area (Å²) in [4.78, 5) is 6.64. The van der Waals surface area contributed by atoms with E-state index in [1.807, 2.05) is 17.9 Å². The third kappa shape index (κ3) is 3.60. The second-order valence-corrected chi connectivity index (χ2v) is 4.60. The van der Waals surface area contributed by atoms with Crippen molar-refractivity contribution in [2.24, 2.45) is 17.8 Å². The Morgan fingerprint density at radius 3 is 2.61 bits per heavy atom. The predicted molar refractivity (Wildman–Crippen MR) is 84.1 cm³/mol. The fourth-order valence-corrected chi connectivity index (χ4v) is 2.09. The molecule has 0 amide bonds. The molecule has 6 heteroatoms. The largest absolute Gasteiger partial charge is 0.370 e. The van der Waals surface area contributed by atoms with Gasteiger partial charge in [0, 0.05) is 31.4 Å². The van der Waals surface area contributed by atoms with E-state index in [1.165, 1.54) is 19.3 Å². The molecule has 1 aliphatic rings. The Bertz CT molecular complexity index is 407. The van der Waals surface area contributed by atoms with Crippen molar-refractivity contribution in [3.63, 3.8) is 0 Å². The zero-order valence-corrected chi connectivity index (χ0v) is 13.4. The first-order chi connectivity index (χ1) is 8.18. The van der Waals surface area contributed by atoms with Gasteiger partial charge in [-0.05, 0) is 26.2 Å². The molecule has 102 valence electrons. The minimum atomic E-state index is 0. The monoisotopic (exact) mass is 363 g/mol. The lowest BCUT2D eigenvalue weighted by molar-refractivity contribution is 0.338. The molecule has 1 aromatic rings. The maximum Gasteiger partial charge on any atom is 0.191 e. The van der Waals surface area contributed by atoms with Crippen molar-refractivity contribution in [2.45, 2.75) is 32.7 Å². The van der Waals surface area contributed by atoms with Gasteiger partial charge in [-0.2, -0.15) is 5.10 Å². The van der Waals surface area contributed by atoms with Crippen molar-refractivity contribution in [1.29, 1.82) is 0 Å². The molecule has 1 aromatic heterocycles. The molecule has 0 radical (unpaired) electrons. The molecule has 2 rings (SSSR count). The van der Waals surface area contributed by atoms with Gasteiger partial charge in [0.2, 0.25) is 0 Å². The lowest BCUT2D eigenvalue weighted by Gasteiger charge is -2.27. The molecule has 0 spiro atoms. The first-order valence-electron chi connectivity index (χ1n) is 6.21. The molecule has 18 heavy (non-hydrogen) atoms. The molecule has 1 saturated heterocycles. The van der Waals surface area contributed by atoms with Gasteiger partial charge in [0.15, 0.2) is 5.96 Å². The molecule has 0 unspecified atom stereocenters. The first kappa shape index (κ1) is 15.3. The van der Waals surface area contributed by atoms with Crippen LogP contribution in [0.4, 0.5) is 0 Å². The molecule has 0 bridgehead atoms. The summed E-state index contributed by atoms with van der Waals surface area (Å²) >= 11 is 0. The van der Waals surface area contributed by atoms with Crippen LogP contribution in [0.25, 0.3) is 0 Å². The van der Waals surface area contributed by atoms with Crippen LogP contribution in [0.1, 0.15) is 30.5 Å². The quantitative estimate of drug-likeness (QED) is 0.494. The molecule has 2 heterocycles. The maximum absolute atomic E-state index is 6.00. The minimum Gasteiger partial charge on any atom is -0.370 e. The van der Waals surface area contributed by atoms with Crippen LogP contribution in [0.15, 0.2) is 11.2 Å². The third-order valence-corrected chi connectivity index (χ3v) is 3.43. The van der Waals surface area contributed by atoms with Crippen molar-refractivity contribution < 1.29 is 0 Å². The first-order valence-corrected chi connectivity index (χ1v) is 6.21. The number of aryl methyl sites for hydroxylation is 1. The van der Waals surface area contributed by atoms with E-state index in [4.69, 9.17) is 5.73 Å². The van der Waals surface area contributed by atoms with Crippen LogP contribution >= 0.6 is 24.0 Å². The standard InChI is InChI=1S/C12H21N5.HI/c1-10-11(9-15-16(10)2)8-14-12(13)17-6-4-3-5-7-17;/h9H,3-8H2,1-2H3,(H2,13,14);1H. The van der Waals surface area contributed by atoms with E-state index in [2.05, 4.69) is 21.9 Å². The summed E-state index contributed by atoms with van der Waals surface area (Å²) in [6, 6.07) is 0. The summed E-state index contributed by atoms with van der Waals surface area (Å²) in [5, 5.41) is 4.20. The van der Waals surface area contributed by atoms with E-state index in [9.17, 15) is 0 Å². The zero-order valence-electron chi connectivity index (χ0n) is 11.1. The Balaban J connectivity index is 0.00000162. The number of aromatic nitrogens is 2. The van der Waals surface area contributed by atoms with E-state index in [1.54, 1.807) is 0 Å². The highest BCUT2D eigenvalue weighted by atomic mass is 127. The van der Waals surface area contributed by atoms with Crippen LogP contribution in [0, 0.1) is 6.92 Å². The molecular weight excluding hydrogens is 341 g/mol. The van der Waals surface area contributed by atoms with Crippen molar-refractivity contribution in [3.05, 3.63) is 17.5 Å². The van der Waals surface area contributed by atoms with Crippen molar-refractivity contribution in [1.82, 2.24) is 14.7 Å². The van der Waals surface area contributed by atoms with Crippen LogP contribution in [-0.4, -0.2) is 33.7 Å². The van der Waals surface area contributed by atoms with Crippen LogP contribution in [0.3, 0.4) is 0 Å². The number of aliphatic imine (C=N–C) groups is 1. The normalized spacial score (nSPS) is 16.6. The zero-order chi connectivity index (χ0) is 12.3. The molecule has 0 saturated carbocycles. The number of guanidine groups is 1. The highest BCUT2D eigenvalue weighted by Crippen LogP contribution is 2.10. The van der Waals surface area contributed by atoms with Gasteiger partial charge < -0.3 is 10.6 Å². The Morgan fingerprint density at radius 1 is 1.39 bits per heavy atom. The average molecular weight is 363 g/mol. The minimum absolute atomic E-state index is 0. The van der Waals surface area contributed by atoms with Crippen molar-refractivity contribution >= 4 is 29.9 Å². The molecule has 2 N–H and O–H groups in total. The predicted octanol–water partition coefficient (Wildman–Crippen LogP) is 1.65. The fraction of sp³-hybridized carbons (Fsp3) is 0.667. The number of nitrogens with two attached hydrogens (primary N) is 1. The van der Waals surface area contributed by atoms with E-state index in [0.29, 0.717) is 12.5 Å². The van der Waals surface area contributed by atoms with Gasteiger partial charge in [0.25, 0.3) is 0 Å². The number of halogens is 1. The number of nitrogens with zero attached hydrogens (tertiary/aromatic N) is 4. The van der Waals surface area contributed by atoms with E-state index in [-0.39, 0.29) is 24.0 Å². The second-order valence-electron chi connectivity index (χ2n) is 4.60. The number of likely N-dealkylation sites (tertiary alicyclic amines) is 1. The van der Waals surface area contributed by atoms with Gasteiger partial charge >= 0.3 is 0 Å². The number of hydrogen-bond acceptors (Lipinski definition) is 2. The van der Waals surface area contributed by atoms with Crippen molar-refractivity contribution in [3.8, 4) is 0 Å². The molecule has 0 aliphatic carbocycles. The van der Waals surface area contributed by atoms with E-state index < -0.39 is 0 Å². The Kier molecular flexibility index (Phi) is 5.90. The lowest BCUT2D eigenvalue weighted by Crippen LogP contribution is -2.40. The van der Waals surface area contributed by atoms with Gasteiger partial charge in [-0.25, -0.2) is 4.99 Å². The summed E-state index contributed by atoms with van der Waals surface area (Å²) in [6.45, 7) is 4.76. The third-order valence-electron chi connectivity index (χ3n) is 3.43. The number of hydrogen-bond donors (Lipinski definition) is 1. The highest BCUT2D eigenvalue weighted by molar-refractivity contribution is 14.0. The Morgan fingerprint density at radius 2 is 2.06 bits per heavy atom. The summed E-state index contributed by atoms with van der Waals surface area (Å²) in [5.74, 6) is 0.674. The van der Waals surface area contributed by atoms with E-state index >= 15 is 0 Å². The molecule has 1 fully saturated rings. The fourth-order valence-electron chi connectivity index (χ4n) is 2.09. The molecule has 1 aliphatic heterocycles. The Labute approximate surface area is 125 Å². The number of piperidine rings is 1. The summed E-state index contributed by atoms with van der Waals surface area (Å²) in [6.07, 6.45) is 5.62. The molecule has 0 atom stereocenters. The molecule has 5 nitrogen and oxygen atoms in total.